The van der Waals surface area contributed by atoms with Crippen LogP contribution in [0.15, 0.2) is 0 Å². The molecule has 1 saturated carbocycles. The minimum absolute atomic E-state index is 0.108. The van der Waals surface area contributed by atoms with Crippen molar-refractivity contribution in [1.29, 1.82) is 0 Å². The van der Waals surface area contributed by atoms with Crippen molar-refractivity contribution in [2.45, 2.75) is 83.8 Å². The van der Waals surface area contributed by atoms with Crippen molar-refractivity contribution in [2.75, 3.05) is 13.1 Å². The fraction of sp³-hybridized carbons (Fsp3) is 1.00. The van der Waals surface area contributed by atoms with Crippen molar-refractivity contribution in [3.63, 3.8) is 0 Å². The molecule has 112 valence electrons. The average molecular weight is 267 g/mol. The highest BCUT2D eigenvalue weighted by molar-refractivity contribution is 4.90. The summed E-state index contributed by atoms with van der Waals surface area (Å²) in [6.45, 7) is 9.07. The minimum atomic E-state index is 0.108. The van der Waals surface area contributed by atoms with Crippen LogP contribution in [0, 0.1) is 11.8 Å². The molecule has 1 aliphatic carbocycles. The van der Waals surface area contributed by atoms with Crippen molar-refractivity contribution in [3.8, 4) is 0 Å². The Labute approximate surface area is 119 Å². The fourth-order valence-electron chi connectivity index (χ4n) is 3.90. The minimum Gasteiger partial charge on any atom is -0.369 e. The molecule has 0 radical (unpaired) electrons. The quantitative estimate of drug-likeness (QED) is 0.781. The molecule has 1 heterocycles. The van der Waals surface area contributed by atoms with E-state index in [-0.39, 0.29) is 5.60 Å². The van der Waals surface area contributed by atoms with Crippen LogP contribution in [0.25, 0.3) is 0 Å². The number of rotatable bonds is 6. The smallest absolute Gasteiger partial charge is 0.0810 e. The Kier molecular flexibility index (Phi) is 5.70. The maximum absolute atomic E-state index is 6.60. The highest BCUT2D eigenvalue weighted by atomic mass is 16.5. The molecule has 2 heteroatoms. The summed E-state index contributed by atoms with van der Waals surface area (Å²) in [7, 11) is 0. The third-order valence-electron chi connectivity index (χ3n) is 5.37. The van der Waals surface area contributed by atoms with Gasteiger partial charge >= 0.3 is 0 Å². The summed E-state index contributed by atoms with van der Waals surface area (Å²) in [4.78, 5) is 0. The van der Waals surface area contributed by atoms with Crippen LogP contribution in [0.4, 0.5) is 0 Å². The van der Waals surface area contributed by atoms with Gasteiger partial charge in [-0.05, 0) is 31.1 Å². The Morgan fingerprint density at radius 1 is 1.26 bits per heavy atom. The molecule has 2 rings (SSSR count). The fourth-order valence-corrected chi connectivity index (χ4v) is 3.90. The van der Waals surface area contributed by atoms with E-state index < -0.39 is 0 Å². The SMILES string of the molecule is CCC(C)CC1(CC)CNCC(CC2CCCC2)O1. The zero-order chi connectivity index (χ0) is 13.7. The third kappa shape index (κ3) is 4.19. The maximum Gasteiger partial charge on any atom is 0.0810 e. The first-order valence-electron chi connectivity index (χ1n) is 8.56. The zero-order valence-corrected chi connectivity index (χ0v) is 13.2. The first kappa shape index (κ1) is 15.3. The molecule has 1 saturated heterocycles. The Morgan fingerprint density at radius 2 is 2.00 bits per heavy atom. The van der Waals surface area contributed by atoms with Crippen LogP contribution >= 0.6 is 0 Å². The van der Waals surface area contributed by atoms with Gasteiger partial charge in [-0.15, -0.1) is 0 Å². The van der Waals surface area contributed by atoms with E-state index in [0.717, 1.165) is 31.3 Å². The molecule has 0 aromatic heterocycles. The predicted octanol–water partition coefficient (Wildman–Crippen LogP) is 4.14. The summed E-state index contributed by atoms with van der Waals surface area (Å²) in [5.41, 5.74) is 0.108. The summed E-state index contributed by atoms with van der Waals surface area (Å²) in [5.74, 6) is 1.70. The molecule has 2 fully saturated rings. The average Bonchev–Trinajstić information content (AvgIpc) is 2.92. The van der Waals surface area contributed by atoms with Crippen molar-refractivity contribution in [1.82, 2.24) is 5.32 Å². The number of morpholine rings is 1. The van der Waals surface area contributed by atoms with Gasteiger partial charge in [0.2, 0.25) is 0 Å². The summed E-state index contributed by atoms with van der Waals surface area (Å²) in [6.07, 6.45) is 11.1. The molecule has 1 aliphatic heterocycles. The van der Waals surface area contributed by atoms with Crippen LogP contribution in [0.1, 0.15) is 72.1 Å². The number of ether oxygens (including phenoxy) is 1. The topological polar surface area (TPSA) is 21.3 Å². The standard InChI is InChI=1S/C17H33NO/c1-4-14(3)11-17(5-2)13-18-12-16(19-17)10-15-8-6-7-9-15/h14-16,18H,4-13H2,1-3H3. The van der Waals surface area contributed by atoms with Gasteiger partial charge in [0.05, 0.1) is 11.7 Å². The van der Waals surface area contributed by atoms with Gasteiger partial charge in [-0.1, -0.05) is 52.9 Å². The molecule has 0 aromatic carbocycles. The molecule has 19 heavy (non-hydrogen) atoms. The summed E-state index contributed by atoms with van der Waals surface area (Å²) < 4.78 is 6.60. The van der Waals surface area contributed by atoms with Gasteiger partial charge in [0.1, 0.15) is 0 Å². The Hall–Kier alpha value is -0.0800. The second-order valence-corrected chi connectivity index (χ2v) is 7.01. The van der Waals surface area contributed by atoms with Crippen LogP contribution in [0.5, 0.6) is 0 Å². The molecule has 0 aromatic rings. The monoisotopic (exact) mass is 267 g/mol. The first-order valence-corrected chi connectivity index (χ1v) is 8.56. The molecule has 2 aliphatic rings. The van der Waals surface area contributed by atoms with Crippen molar-refractivity contribution in [2.24, 2.45) is 11.8 Å². The molecule has 2 nitrogen and oxygen atoms in total. The number of hydrogen-bond acceptors (Lipinski definition) is 2. The lowest BCUT2D eigenvalue weighted by molar-refractivity contribution is -0.134. The molecule has 3 unspecified atom stereocenters. The molecule has 0 spiro atoms. The first-order chi connectivity index (χ1) is 9.17. The van der Waals surface area contributed by atoms with Crippen LogP contribution in [-0.2, 0) is 4.74 Å². The van der Waals surface area contributed by atoms with Gasteiger partial charge in [-0.3, -0.25) is 0 Å². The highest BCUT2D eigenvalue weighted by Crippen LogP contribution is 2.34. The van der Waals surface area contributed by atoms with Crippen LogP contribution in [-0.4, -0.2) is 24.8 Å². The lowest BCUT2D eigenvalue weighted by Gasteiger charge is -2.43. The molecule has 0 bridgehead atoms. The van der Waals surface area contributed by atoms with Crippen molar-refractivity contribution in [3.05, 3.63) is 0 Å². The number of hydrogen-bond donors (Lipinski definition) is 1. The molecular formula is C17H33NO. The van der Waals surface area contributed by atoms with Gasteiger partial charge < -0.3 is 10.1 Å². The van der Waals surface area contributed by atoms with E-state index in [1.54, 1.807) is 0 Å². The Balaban J connectivity index is 1.89. The van der Waals surface area contributed by atoms with Gasteiger partial charge in [0.15, 0.2) is 0 Å². The zero-order valence-electron chi connectivity index (χ0n) is 13.2. The number of nitrogens with one attached hydrogen (secondary N) is 1. The van der Waals surface area contributed by atoms with Crippen LogP contribution in [0.3, 0.4) is 0 Å². The van der Waals surface area contributed by atoms with E-state index in [4.69, 9.17) is 4.74 Å². The van der Waals surface area contributed by atoms with Gasteiger partial charge in [0.25, 0.3) is 0 Å². The Morgan fingerprint density at radius 3 is 2.63 bits per heavy atom. The van der Waals surface area contributed by atoms with E-state index in [1.165, 1.54) is 44.9 Å². The largest absolute Gasteiger partial charge is 0.369 e. The van der Waals surface area contributed by atoms with Crippen LogP contribution in [0.2, 0.25) is 0 Å². The second kappa shape index (κ2) is 7.08. The normalized spacial score (nSPS) is 34.6. The second-order valence-electron chi connectivity index (χ2n) is 7.01. The molecular weight excluding hydrogens is 234 g/mol. The third-order valence-corrected chi connectivity index (χ3v) is 5.37. The van der Waals surface area contributed by atoms with E-state index in [1.807, 2.05) is 0 Å². The van der Waals surface area contributed by atoms with Crippen LogP contribution < -0.4 is 5.32 Å². The van der Waals surface area contributed by atoms with Gasteiger partial charge in [-0.2, -0.15) is 0 Å². The van der Waals surface area contributed by atoms with E-state index in [2.05, 4.69) is 26.1 Å². The van der Waals surface area contributed by atoms with Gasteiger partial charge in [0, 0.05) is 13.1 Å². The predicted molar refractivity (Wildman–Crippen MR) is 81.4 cm³/mol. The maximum atomic E-state index is 6.60. The van der Waals surface area contributed by atoms with Crippen molar-refractivity contribution < 1.29 is 4.74 Å². The lowest BCUT2D eigenvalue weighted by atomic mass is 9.85. The van der Waals surface area contributed by atoms with E-state index in [0.29, 0.717) is 6.10 Å². The Bertz CT molecular complexity index is 262. The van der Waals surface area contributed by atoms with Crippen molar-refractivity contribution >= 4 is 0 Å². The molecule has 1 N–H and O–H groups in total. The lowest BCUT2D eigenvalue weighted by Crippen LogP contribution is -2.54. The highest BCUT2D eigenvalue weighted by Gasteiger charge is 2.37. The summed E-state index contributed by atoms with van der Waals surface area (Å²) in [6, 6.07) is 0. The molecule has 3 atom stereocenters. The summed E-state index contributed by atoms with van der Waals surface area (Å²) in [5, 5.41) is 3.66. The summed E-state index contributed by atoms with van der Waals surface area (Å²) >= 11 is 0. The molecule has 0 amide bonds. The van der Waals surface area contributed by atoms with E-state index >= 15 is 0 Å². The van der Waals surface area contributed by atoms with E-state index in [9.17, 15) is 0 Å². The van der Waals surface area contributed by atoms with Gasteiger partial charge in [-0.25, -0.2) is 0 Å².